The Morgan fingerprint density at radius 1 is 1.07 bits per heavy atom. The topological polar surface area (TPSA) is 64.1 Å². The van der Waals surface area contributed by atoms with Crippen molar-refractivity contribution in [3.8, 4) is 17.2 Å². The molecule has 0 aliphatic carbocycles. The van der Waals surface area contributed by atoms with E-state index in [9.17, 15) is 4.39 Å². The fraction of sp³-hybridized carbons (Fsp3) is 0.381. The van der Waals surface area contributed by atoms with Gasteiger partial charge in [-0.2, -0.15) is 0 Å². The van der Waals surface area contributed by atoms with Gasteiger partial charge in [-0.05, 0) is 36.2 Å². The summed E-state index contributed by atoms with van der Waals surface area (Å²) < 4.78 is 29.7. The summed E-state index contributed by atoms with van der Waals surface area (Å²) in [5.41, 5.74) is 1.03. The van der Waals surface area contributed by atoms with Gasteiger partial charge in [0.2, 0.25) is 0 Å². The Morgan fingerprint density at radius 3 is 2.45 bits per heavy atom. The summed E-state index contributed by atoms with van der Waals surface area (Å²) in [6, 6.07) is 11.9. The quantitative estimate of drug-likeness (QED) is 0.300. The average Bonchev–Trinajstić information content (AvgIpc) is 2.72. The summed E-state index contributed by atoms with van der Waals surface area (Å²) in [6.45, 7) is 3.13. The molecule has 0 bridgehead atoms. The van der Waals surface area contributed by atoms with E-state index in [-0.39, 0.29) is 35.9 Å². The van der Waals surface area contributed by atoms with E-state index in [1.807, 2.05) is 25.1 Å². The van der Waals surface area contributed by atoms with Gasteiger partial charge in [0.25, 0.3) is 0 Å². The molecule has 6 nitrogen and oxygen atoms in total. The highest BCUT2D eigenvalue weighted by molar-refractivity contribution is 14.0. The Labute approximate surface area is 188 Å². The minimum atomic E-state index is -0.312. The summed E-state index contributed by atoms with van der Waals surface area (Å²) in [5.74, 6) is 2.22. The second-order valence-electron chi connectivity index (χ2n) is 6.10. The molecule has 2 N–H and O–H groups in total. The molecule has 0 aromatic heterocycles. The SMILES string of the molecule is CCC(CNC(=NC)NCc1ccc(OC)c(OC)c1)Oc1cccc(F)c1.I. The molecule has 2 rings (SSSR count). The van der Waals surface area contributed by atoms with Crippen molar-refractivity contribution in [1.82, 2.24) is 10.6 Å². The van der Waals surface area contributed by atoms with Crippen LogP contribution in [-0.2, 0) is 6.54 Å². The lowest BCUT2D eigenvalue weighted by molar-refractivity contribution is 0.199. The van der Waals surface area contributed by atoms with E-state index < -0.39 is 0 Å². The van der Waals surface area contributed by atoms with E-state index in [4.69, 9.17) is 14.2 Å². The van der Waals surface area contributed by atoms with E-state index in [1.165, 1.54) is 12.1 Å². The van der Waals surface area contributed by atoms with Crippen molar-refractivity contribution in [3.05, 3.63) is 53.8 Å². The third kappa shape index (κ3) is 7.96. The Balaban J connectivity index is 0.00000420. The standard InChI is InChI=1S/C21H28FN3O3.HI/c1-5-17(28-18-8-6-7-16(22)12-18)14-25-21(23-2)24-13-15-9-10-19(26-3)20(11-15)27-4;/h6-12,17H,5,13-14H2,1-4H3,(H2,23,24,25);1H. The number of hydrogen-bond donors (Lipinski definition) is 2. The fourth-order valence-electron chi connectivity index (χ4n) is 2.61. The molecule has 2 aromatic rings. The summed E-state index contributed by atoms with van der Waals surface area (Å²) >= 11 is 0. The van der Waals surface area contributed by atoms with Gasteiger partial charge in [0.1, 0.15) is 17.7 Å². The van der Waals surface area contributed by atoms with Crippen molar-refractivity contribution in [2.24, 2.45) is 4.99 Å². The van der Waals surface area contributed by atoms with E-state index in [0.29, 0.717) is 36.3 Å². The molecule has 0 radical (unpaired) electrons. The Morgan fingerprint density at radius 2 is 1.83 bits per heavy atom. The monoisotopic (exact) mass is 517 g/mol. The highest BCUT2D eigenvalue weighted by Gasteiger charge is 2.10. The lowest BCUT2D eigenvalue weighted by atomic mass is 10.2. The number of aliphatic imine (C=N–C) groups is 1. The first-order valence-electron chi connectivity index (χ1n) is 9.17. The molecule has 0 saturated heterocycles. The first kappa shape index (κ1) is 24.8. The number of ether oxygens (including phenoxy) is 3. The lowest BCUT2D eigenvalue weighted by Crippen LogP contribution is -2.42. The number of hydrogen-bond acceptors (Lipinski definition) is 4. The van der Waals surface area contributed by atoms with Crippen molar-refractivity contribution >= 4 is 29.9 Å². The highest BCUT2D eigenvalue weighted by Crippen LogP contribution is 2.27. The van der Waals surface area contributed by atoms with Crippen LogP contribution in [0.25, 0.3) is 0 Å². The van der Waals surface area contributed by atoms with Crippen LogP contribution in [0, 0.1) is 5.82 Å². The molecule has 2 aromatic carbocycles. The molecule has 0 heterocycles. The maximum absolute atomic E-state index is 13.3. The predicted molar refractivity (Wildman–Crippen MR) is 124 cm³/mol. The third-order valence-electron chi connectivity index (χ3n) is 4.18. The zero-order chi connectivity index (χ0) is 20.4. The molecule has 8 heteroatoms. The molecule has 0 saturated carbocycles. The van der Waals surface area contributed by atoms with Gasteiger partial charge in [0.15, 0.2) is 17.5 Å². The van der Waals surface area contributed by atoms with Crippen LogP contribution in [-0.4, -0.2) is 39.9 Å². The number of nitrogens with one attached hydrogen (secondary N) is 2. The number of benzene rings is 2. The molecule has 0 spiro atoms. The van der Waals surface area contributed by atoms with Crippen LogP contribution in [0.4, 0.5) is 4.39 Å². The van der Waals surface area contributed by atoms with Crippen LogP contribution in [0.15, 0.2) is 47.5 Å². The van der Waals surface area contributed by atoms with Crippen molar-refractivity contribution in [1.29, 1.82) is 0 Å². The molecule has 0 aliphatic heterocycles. The van der Waals surface area contributed by atoms with Gasteiger partial charge in [-0.3, -0.25) is 4.99 Å². The number of nitrogens with zero attached hydrogens (tertiary/aromatic N) is 1. The van der Waals surface area contributed by atoms with E-state index in [1.54, 1.807) is 33.4 Å². The summed E-state index contributed by atoms with van der Waals surface area (Å²) in [7, 11) is 4.93. The number of rotatable bonds is 9. The molecule has 1 atom stereocenters. The largest absolute Gasteiger partial charge is 0.493 e. The van der Waals surface area contributed by atoms with Gasteiger partial charge in [-0.25, -0.2) is 4.39 Å². The predicted octanol–water partition coefficient (Wildman–Crippen LogP) is 3.98. The fourth-order valence-corrected chi connectivity index (χ4v) is 2.61. The number of methoxy groups -OCH3 is 2. The molecule has 0 fully saturated rings. The van der Waals surface area contributed by atoms with Crippen LogP contribution in [0.3, 0.4) is 0 Å². The average molecular weight is 517 g/mol. The van der Waals surface area contributed by atoms with Crippen molar-refractivity contribution < 1.29 is 18.6 Å². The smallest absolute Gasteiger partial charge is 0.191 e. The Bertz CT molecular complexity index is 790. The van der Waals surface area contributed by atoms with Crippen LogP contribution < -0.4 is 24.8 Å². The molecular weight excluding hydrogens is 488 g/mol. The molecule has 29 heavy (non-hydrogen) atoms. The third-order valence-corrected chi connectivity index (χ3v) is 4.18. The van der Waals surface area contributed by atoms with Crippen molar-refractivity contribution in [3.63, 3.8) is 0 Å². The van der Waals surface area contributed by atoms with Gasteiger partial charge in [-0.15, -0.1) is 24.0 Å². The molecule has 0 aliphatic rings. The minimum Gasteiger partial charge on any atom is -0.493 e. The zero-order valence-electron chi connectivity index (χ0n) is 17.2. The van der Waals surface area contributed by atoms with Gasteiger partial charge in [0.05, 0.1) is 20.8 Å². The Hall–Kier alpha value is -2.23. The van der Waals surface area contributed by atoms with Gasteiger partial charge in [-0.1, -0.05) is 19.1 Å². The second-order valence-corrected chi connectivity index (χ2v) is 6.10. The molecular formula is C21H29FIN3O3. The van der Waals surface area contributed by atoms with Gasteiger partial charge < -0.3 is 24.8 Å². The van der Waals surface area contributed by atoms with Gasteiger partial charge in [0, 0.05) is 19.7 Å². The van der Waals surface area contributed by atoms with Crippen LogP contribution in [0.5, 0.6) is 17.2 Å². The summed E-state index contributed by atoms with van der Waals surface area (Å²) in [6.07, 6.45) is 0.664. The van der Waals surface area contributed by atoms with E-state index in [2.05, 4.69) is 15.6 Å². The summed E-state index contributed by atoms with van der Waals surface area (Å²) in [5, 5.41) is 6.49. The Kier molecular flexibility index (Phi) is 11.2. The van der Waals surface area contributed by atoms with Crippen molar-refractivity contribution in [2.75, 3.05) is 27.8 Å². The highest BCUT2D eigenvalue weighted by atomic mass is 127. The molecule has 160 valence electrons. The van der Waals surface area contributed by atoms with E-state index in [0.717, 1.165) is 12.0 Å². The minimum absolute atomic E-state index is 0. The van der Waals surface area contributed by atoms with Crippen LogP contribution in [0.1, 0.15) is 18.9 Å². The number of guanidine groups is 1. The zero-order valence-corrected chi connectivity index (χ0v) is 19.5. The first-order valence-corrected chi connectivity index (χ1v) is 9.17. The first-order chi connectivity index (χ1) is 13.6. The maximum Gasteiger partial charge on any atom is 0.191 e. The van der Waals surface area contributed by atoms with Crippen LogP contribution >= 0.6 is 24.0 Å². The van der Waals surface area contributed by atoms with Gasteiger partial charge >= 0.3 is 0 Å². The lowest BCUT2D eigenvalue weighted by Gasteiger charge is -2.20. The maximum atomic E-state index is 13.3. The molecule has 1 unspecified atom stereocenters. The second kappa shape index (κ2) is 13.1. The van der Waals surface area contributed by atoms with Crippen LogP contribution in [0.2, 0.25) is 0 Å². The summed E-state index contributed by atoms with van der Waals surface area (Å²) in [4.78, 5) is 4.23. The van der Waals surface area contributed by atoms with E-state index >= 15 is 0 Å². The molecule has 0 amide bonds. The normalized spacial score (nSPS) is 11.8. The number of halogens is 2. The van der Waals surface area contributed by atoms with Crippen molar-refractivity contribution in [2.45, 2.75) is 26.0 Å².